The zero-order valence-electron chi connectivity index (χ0n) is 8.21. The van der Waals surface area contributed by atoms with E-state index in [1.807, 2.05) is 0 Å². The summed E-state index contributed by atoms with van der Waals surface area (Å²) in [5.74, 6) is 0.340. The molecule has 1 aromatic carbocycles. The third kappa shape index (κ3) is 2.30. The summed E-state index contributed by atoms with van der Waals surface area (Å²) >= 11 is 3.04. The average Bonchev–Trinajstić information content (AvgIpc) is 2.64. The number of aromatic nitrogens is 2. The van der Waals surface area contributed by atoms with Crippen molar-refractivity contribution in [2.75, 3.05) is 6.26 Å². The molecular formula is C9H7BrN2O3S. The lowest BCUT2D eigenvalue weighted by molar-refractivity contribution is 0.540. The van der Waals surface area contributed by atoms with E-state index < -0.39 is 9.84 Å². The van der Waals surface area contributed by atoms with E-state index in [4.69, 9.17) is 4.42 Å². The van der Waals surface area contributed by atoms with Crippen LogP contribution in [-0.4, -0.2) is 24.9 Å². The fraction of sp³-hybridized carbons (Fsp3) is 0.111. The molecule has 0 unspecified atom stereocenters. The van der Waals surface area contributed by atoms with Crippen LogP contribution in [-0.2, 0) is 9.84 Å². The molecule has 2 aromatic rings. The van der Waals surface area contributed by atoms with Gasteiger partial charge in [0.25, 0.3) is 4.80 Å². The van der Waals surface area contributed by atoms with Crippen molar-refractivity contribution < 1.29 is 12.8 Å². The van der Waals surface area contributed by atoms with Crippen LogP contribution in [0.5, 0.6) is 0 Å². The first kappa shape index (κ1) is 11.3. The molecule has 2 rings (SSSR count). The summed E-state index contributed by atoms with van der Waals surface area (Å²) in [6.45, 7) is 0. The number of hydrogen-bond donors (Lipinski definition) is 0. The summed E-state index contributed by atoms with van der Waals surface area (Å²) in [5.41, 5.74) is 0.672. The SMILES string of the molecule is CS(=O)(=O)c1ccc(-c2nnc(Br)o2)cc1. The second-order valence-electron chi connectivity index (χ2n) is 3.16. The van der Waals surface area contributed by atoms with Gasteiger partial charge >= 0.3 is 0 Å². The minimum atomic E-state index is -3.17. The smallest absolute Gasteiger partial charge is 0.285 e. The quantitative estimate of drug-likeness (QED) is 0.847. The zero-order chi connectivity index (χ0) is 11.8. The number of benzene rings is 1. The second-order valence-corrected chi connectivity index (χ2v) is 5.85. The largest absolute Gasteiger partial charge is 0.411 e. The third-order valence-corrected chi connectivity index (χ3v) is 3.38. The number of halogens is 1. The van der Waals surface area contributed by atoms with E-state index in [1.54, 1.807) is 12.1 Å². The summed E-state index contributed by atoms with van der Waals surface area (Å²) in [7, 11) is -3.17. The van der Waals surface area contributed by atoms with Crippen molar-refractivity contribution in [3.05, 3.63) is 29.1 Å². The van der Waals surface area contributed by atoms with Crippen molar-refractivity contribution in [3.8, 4) is 11.5 Å². The Morgan fingerprint density at radius 2 is 1.81 bits per heavy atom. The Kier molecular flexibility index (Phi) is 2.81. The van der Waals surface area contributed by atoms with Crippen LogP contribution in [0.15, 0.2) is 38.4 Å². The highest BCUT2D eigenvalue weighted by Crippen LogP contribution is 2.21. The Labute approximate surface area is 101 Å². The van der Waals surface area contributed by atoms with E-state index in [0.29, 0.717) is 11.5 Å². The zero-order valence-corrected chi connectivity index (χ0v) is 10.6. The van der Waals surface area contributed by atoms with Gasteiger partial charge in [-0.2, -0.15) is 0 Å². The van der Waals surface area contributed by atoms with Gasteiger partial charge in [0.2, 0.25) is 5.89 Å². The maximum absolute atomic E-state index is 11.2. The van der Waals surface area contributed by atoms with Crippen LogP contribution in [0.25, 0.3) is 11.5 Å². The molecule has 84 valence electrons. The van der Waals surface area contributed by atoms with Gasteiger partial charge in [-0.15, -0.1) is 10.2 Å². The topological polar surface area (TPSA) is 73.1 Å². The average molecular weight is 303 g/mol. The molecule has 0 fully saturated rings. The van der Waals surface area contributed by atoms with Gasteiger partial charge in [-0.05, 0) is 24.3 Å². The lowest BCUT2D eigenvalue weighted by atomic mass is 10.2. The lowest BCUT2D eigenvalue weighted by Crippen LogP contribution is -1.96. The normalized spacial score (nSPS) is 11.6. The molecule has 0 aliphatic carbocycles. The summed E-state index contributed by atoms with van der Waals surface area (Å²) in [4.78, 5) is 0.546. The summed E-state index contributed by atoms with van der Waals surface area (Å²) in [5, 5.41) is 7.41. The number of sulfone groups is 1. The molecule has 1 heterocycles. The van der Waals surface area contributed by atoms with Gasteiger partial charge in [0.1, 0.15) is 0 Å². The first-order valence-corrected chi connectivity index (χ1v) is 6.95. The predicted molar refractivity (Wildman–Crippen MR) is 60.5 cm³/mol. The Morgan fingerprint density at radius 1 is 1.19 bits per heavy atom. The van der Waals surface area contributed by atoms with E-state index in [0.717, 1.165) is 6.26 Å². The first-order chi connectivity index (χ1) is 7.47. The fourth-order valence-electron chi connectivity index (χ4n) is 1.17. The van der Waals surface area contributed by atoms with Gasteiger partial charge in [0.05, 0.1) is 4.90 Å². The highest BCUT2D eigenvalue weighted by atomic mass is 79.9. The molecule has 0 saturated heterocycles. The first-order valence-electron chi connectivity index (χ1n) is 4.26. The van der Waals surface area contributed by atoms with Crippen molar-refractivity contribution in [1.82, 2.24) is 10.2 Å². The van der Waals surface area contributed by atoms with E-state index in [9.17, 15) is 8.42 Å². The van der Waals surface area contributed by atoms with E-state index in [1.165, 1.54) is 12.1 Å². The Balaban J connectivity index is 2.40. The Hall–Kier alpha value is -1.21. The fourth-order valence-corrected chi connectivity index (χ4v) is 2.03. The van der Waals surface area contributed by atoms with Gasteiger partial charge in [0.15, 0.2) is 9.84 Å². The van der Waals surface area contributed by atoms with Gasteiger partial charge in [-0.25, -0.2) is 8.42 Å². The third-order valence-electron chi connectivity index (χ3n) is 1.93. The summed E-state index contributed by atoms with van der Waals surface area (Å²) < 4.78 is 27.6. The maximum atomic E-state index is 11.2. The molecule has 0 bridgehead atoms. The molecule has 7 heteroatoms. The number of rotatable bonds is 2. The predicted octanol–water partition coefficient (Wildman–Crippen LogP) is 1.90. The molecular weight excluding hydrogens is 296 g/mol. The van der Waals surface area contributed by atoms with Gasteiger partial charge in [0, 0.05) is 27.7 Å². The molecule has 1 aromatic heterocycles. The van der Waals surface area contributed by atoms with Crippen LogP contribution in [0.1, 0.15) is 0 Å². The Morgan fingerprint density at radius 3 is 2.25 bits per heavy atom. The molecule has 0 aliphatic rings. The standard InChI is InChI=1S/C9H7BrN2O3S/c1-16(13,14)7-4-2-6(3-5-7)8-11-12-9(10)15-8/h2-5H,1H3. The van der Waals surface area contributed by atoms with E-state index in [-0.39, 0.29) is 9.70 Å². The molecule has 0 N–H and O–H groups in total. The molecule has 0 amide bonds. The van der Waals surface area contributed by atoms with E-state index >= 15 is 0 Å². The lowest BCUT2D eigenvalue weighted by Gasteiger charge is -1.98. The monoisotopic (exact) mass is 302 g/mol. The van der Waals surface area contributed by atoms with Crippen LogP contribution in [0.4, 0.5) is 0 Å². The van der Waals surface area contributed by atoms with Crippen LogP contribution < -0.4 is 0 Å². The molecule has 0 atom stereocenters. The van der Waals surface area contributed by atoms with Crippen molar-refractivity contribution >= 4 is 25.8 Å². The van der Waals surface area contributed by atoms with Crippen molar-refractivity contribution in [3.63, 3.8) is 0 Å². The van der Waals surface area contributed by atoms with Crippen molar-refractivity contribution in [2.45, 2.75) is 4.90 Å². The van der Waals surface area contributed by atoms with Crippen LogP contribution in [0, 0.1) is 0 Å². The van der Waals surface area contributed by atoms with Crippen LogP contribution in [0.2, 0.25) is 0 Å². The molecule has 0 aliphatic heterocycles. The van der Waals surface area contributed by atoms with E-state index in [2.05, 4.69) is 26.1 Å². The molecule has 16 heavy (non-hydrogen) atoms. The van der Waals surface area contributed by atoms with Gasteiger partial charge in [-0.3, -0.25) is 0 Å². The highest BCUT2D eigenvalue weighted by molar-refractivity contribution is 9.10. The summed E-state index contributed by atoms with van der Waals surface area (Å²) in [6, 6.07) is 6.25. The molecule has 0 radical (unpaired) electrons. The minimum Gasteiger partial charge on any atom is -0.411 e. The van der Waals surface area contributed by atoms with Crippen LogP contribution >= 0.6 is 15.9 Å². The van der Waals surface area contributed by atoms with Crippen LogP contribution in [0.3, 0.4) is 0 Å². The maximum Gasteiger partial charge on any atom is 0.285 e. The number of hydrogen-bond acceptors (Lipinski definition) is 5. The van der Waals surface area contributed by atoms with Gasteiger partial charge in [-0.1, -0.05) is 0 Å². The molecule has 5 nitrogen and oxygen atoms in total. The van der Waals surface area contributed by atoms with Gasteiger partial charge < -0.3 is 4.42 Å². The molecule has 0 spiro atoms. The van der Waals surface area contributed by atoms with Crippen molar-refractivity contribution in [1.29, 1.82) is 0 Å². The number of nitrogens with zero attached hydrogens (tertiary/aromatic N) is 2. The molecule has 0 saturated carbocycles. The second kappa shape index (κ2) is 3.99. The Bertz CT molecular complexity index is 604. The van der Waals surface area contributed by atoms with Crippen molar-refractivity contribution in [2.24, 2.45) is 0 Å². The minimum absolute atomic E-state index is 0.259. The summed E-state index contributed by atoms with van der Waals surface area (Å²) in [6.07, 6.45) is 1.16. The highest BCUT2D eigenvalue weighted by Gasteiger charge is 2.09.